The van der Waals surface area contributed by atoms with Crippen LogP contribution < -0.4 is 10.1 Å². The molecule has 0 saturated carbocycles. The number of benzene rings is 2. The van der Waals surface area contributed by atoms with Crippen LogP contribution in [0.25, 0.3) is 10.2 Å². The molecule has 0 bridgehead atoms. The standard InChI is InChI=1S/C21H23N3O4S2/c1-28-17-7-6-8-18-19(17)22-21(29-18)23-20(25)15-9-11-16(12-10-15)30(26,27)24-13-4-2-3-5-14-24/h6-12H,2-5,13-14H2,1H3,(H,22,23,25). The van der Waals surface area contributed by atoms with Crippen LogP contribution in [0.2, 0.25) is 0 Å². The molecule has 3 aromatic rings. The van der Waals surface area contributed by atoms with E-state index in [-0.39, 0.29) is 10.8 Å². The number of ether oxygens (including phenoxy) is 1. The molecule has 30 heavy (non-hydrogen) atoms. The maximum absolute atomic E-state index is 12.9. The molecule has 1 N–H and O–H groups in total. The SMILES string of the molecule is COc1cccc2sc(NC(=O)c3ccc(S(=O)(=O)N4CCCCCC4)cc3)nc12. The smallest absolute Gasteiger partial charge is 0.257 e. The molecule has 2 heterocycles. The second-order valence-corrected chi connectivity index (χ2v) is 10.1. The molecule has 7 nitrogen and oxygen atoms in total. The van der Waals surface area contributed by atoms with Gasteiger partial charge in [0.1, 0.15) is 11.3 Å². The Kier molecular flexibility index (Phi) is 6.03. The van der Waals surface area contributed by atoms with Crippen molar-refractivity contribution in [3.63, 3.8) is 0 Å². The number of para-hydroxylation sites is 1. The maximum Gasteiger partial charge on any atom is 0.257 e. The molecule has 158 valence electrons. The number of amides is 1. The molecule has 1 saturated heterocycles. The summed E-state index contributed by atoms with van der Waals surface area (Å²) in [6, 6.07) is 11.7. The van der Waals surface area contributed by atoms with E-state index in [9.17, 15) is 13.2 Å². The van der Waals surface area contributed by atoms with Crippen LogP contribution >= 0.6 is 11.3 Å². The van der Waals surface area contributed by atoms with Crippen molar-refractivity contribution in [2.45, 2.75) is 30.6 Å². The van der Waals surface area contributed by atoms with Crippen LogP contribution in [0.5, 0.6) is 5.75 Å². The average Bonchev–Trinajstić information content (AvgIpc) is 2.97. The molecule has 0 atom stereocenters. The van der Waals surface area contributed by atoms with Crippen molar-refractivity contribution in [2.75, 3.05) is 25.5 Å². The summed E-state index contributed by atoms with van der Waals surface area (Å²) in [6.45, 7) is 1.09. The van der Waals surface area contributed by atoms with Crippen LogP contribution in [0.3, 0.4) is 0 Å². The molecule has 2 aromatic carbocycles. The number of aromatic nitrogens is 1. The lowest BCUT2D eigenvalue weighted by atomic mass is 10.2. The Bertz CT molecular complexity index is 1150. The number of rotatable bonds is 5. The van der Waals surface area contributed by atoms with Gasteiger partial charge in [-0.3, -0.25) is 10.1 Å². The number of methoxy groups -OCH3 is 1. The Morgan fingerprint density at radius 2 is 1.77 bits per heavy atom. The largest absolute Gasteiger partial charge is 0.494 e. The quantitative estimate of drug-likeness (QED) is 0.638. The van der Waals surface area contributed by atoms with E-state index in [2.05, 4.69) is 10.3 Å². The highest BCUT2D eigenvalue weighted by molar-refractivity contribution is 7.89. The molecule has 1 aliphatic rings. The number of nitrogens with one attached hydrogen (secondary N) is 1. The fourth-order valence-corrected chi connectivity index (χ4v) is 5.92. The molecule has 1 fully saturated rings. The summed E-state index contributed by atoms with van der Waals surface area (Å²) in [6.07, 6.45) is 3.88. The number of nitrogens with zero attached hydrogens (tertiary/aromatic N) is 2. The van der Waals surface area contributed by atoms with Crippen molar-refractivity contribution in [2.24, 2.45) is 0 Å². The van der Waals surface area contributed by atoms with E-state index in [0.29, 0.717) is 35.1 Å². The van der Waals surface area contributed by atoms with Gasteiger partial charge in [0, 0.05) is 18.7 Å². The minimum absolute atomic E-state index is 0.214. The van der Waals surface area contributed by atoms with Gasteiger partial charge in [-0.1, -0.05) is 30.2 Å². The number of carbonyl (C=O) groups excluding carboxylic acids is 1. The molecule has 1 aliphatic heterocycles. The number of fused-ring (bicyclic) bond motifs is 1. The molecule has 9 heteroatoms. The maximum atomic E-state index is 12.9. The highest BCUT2D eigenvalue weighted by atomic mass is 32.2. The average molecular weight is 446 g/mol. The van der Waals surface area contributed by atoms with Crippen molar-refractivity contribution in [1.29, 1.82) is 0 Å². The molecular formula is C21H23N3O4S2. The second-order valence-electron chi connectivity index (χ2n) is 7.12. The fourth-order valence-electron chi connectivity index (χ4n) is 3.52. The number of thiazole rings is 1. The molecule has 0 radical (unpaired) electrons. The highest BCUT2D eigenvalue weighted by Crippen LogP contribution is 2.32. The van der Waals surface area contributed by atoms with Crippen LogP contribution in [0.1, 0.15) is 36.0 Å². The second kappa shape index (κ2) is 8.71. The van der Waals surface area contributed by atoms with Crippen LogP contribution in [-0.2, 0) is 10.0 Å². The summed E-state index contributed by atoms with van der Waals surface area (Å²) < 4.78 is 33.5. The van der Waals surface area contributed by atoms with Gasteiger partial charge in [0.15, 0.2) is 5.13 Å². The zero-order valence-corrected chi connectivity index (χ0v) is 18.3. The first-order chi connectivity index (χ1) is 14.5. The van der Waals surface area contributed by atoms with Crippen molar-refractivity contribution >= 4 is 42.6 Å². The van der Waals surface area contributed by atoms with Crippen molar-refractivity contribution in [3.05, 3.63) is 48.0 Å². The van der Waals surface area contributed by atoms with Gasteiger partial charge >= 0.3 is 0 Å². The van der Waals surface area contributed by atoms with Gasteiger partial charge < -0.3 is 4.74 Å². The van der Waals surface area contributed by atoms with E-state index in [1.165, 1.54) is 35.6 Å². The Labute approximate surface area is 179 Å². The van der Waals surface area contributed by atoms with E-state index in [1.807, 2.05) is 18.2 Å². The summed E-state index contributed by atoms with van der Waals surface area (Å²) in [7, 11) is -1.96. The summed E-state index contributed by atoms with van der Waals surface area (Å²) in [5, 5.41) is 3.24. The van der Waals surface area contributed by atoms with Crippen LogP contribution in [0.15, 0.2) is 47.4 Å². The highest BCUT2D eigenvalue weighted by Gasteiger charge is 2.25. The number of hydrogen-bond acceptors (Lipinski definition) is 6. The third-order valence-electron chi connectivity index (χ3n) is 5.14. The first kappa shape index (κ1) is 20.8. The molecular weight excluding hydrogens is 422 g/mol. The minimum atomic E-state index is -3.53. The number of hydrogen-bond donors (Lipinski definition) is 1. The van der Waals surface area contributed by atoms with Crippen molar-refractivity contribution in [1.82, 2.24) is 9.29 Å². The van der Waals surface area contributed by atoms with Gasteiger partial charge in [-0.2, -0.15) is 4.31 Å². The summed E-state index contributed by atoms with van der Waals surface area (Å²) in [5.41, 5.74) is 1.07. The minimum Gasteiger partial charge on any atom is -0.494 e. The first-order valence-corrected chi connectivity index (χ1v) is 12.1. The topological polar surface area (TPSA) is 88.6 Å². The van der Waals surface area contributed by atoms with Crippen LogP contribution in [-0.4, -0.2) is 43.8 Å². The molecule has 1 aromatic heterocycles. The lowest BCUT2D eigenvalue weighted by Gasteiger charge is -2.20. The monoisotopic (exact) mass is 445 g/mol. The van der Waals surface area contributed by atoms with Gasteiger partial charge in [0.05, 0.1) is 16.7 Å². The van der Waals surface area contributed by atoms with Crippen LogP contribution in [0.4, 0.5) is 5.13 Å². The Balaban J connectivity index is 1.50. The predicted molar refractivity (Wildman–Crippen MR) is 118 cm³/mol. The van der Waals surface area contributed by atoms with Gasteiger partial charge in [-0.05, 0) is 49.2 Å². The molecule has 0 spiro atoms. The number of sulfonamides is 1. The summed E-state index contributed by atoms with van der Waals surface area (Å²) in [5.74, 6) is 0.305. The number of carbonyl (C=O) groups is 1. The normalized spacial score (nSPS) is 15.6. The zero-order valence-electron chi connectivity index (χ0n) is 16.6. The Morgan fingerprint density at radius 1 is 1.07 bits per heavy atom. The fraction of sp³-hybridized carbons (Fsp3) is 0.333. The third kappa shape index (κ3) is 4.19. The lowest BCUT2D eigenvalue weighted by molar-refractivity contribution is 0.102. The number of anilines is 1. The Hall–Kier alpha value is -2.49. The third-order valence-corrected chi connectivity index (χ3v) is 7.99. The molecule has 4 rings (SSSR count). The zero-order chi connectivity index (χ0) is 21.1. The van der Waals surface area contributed by atoms with Crippen molar-refractivity contribution in [3.8, 4) is 5.75 Å². The first-order valence-electron chi connectivity index (χ1n) is 9.84. The van der Waals surface area contributed by atoms with E-state index in [0.717, 1.165) is 30.4 Å². The van der Waals surface area contributed by atoms with Gasteiger partial charge in [-0.15, -0.1) is 0 Å². The van der Waals surface area contributed by atoms with E-state index in [1.54, 1.807) is 11.4 Å². The lowest BCUT2D eigenvalue weighted by Crippen LogP contribution is -2.31. The van der Waals surface area contributed by atoms with Crippen LogP contribution in [0, 0.1) is 0 Å². The summed E-state index contributed by atoms with van der Waals surface area (Å²) >= 11 is 1.35. The van der Waals surface area contributed by atoms with Gasteiger partial charge in [0.2, 0.25) is 10.0 Å². The Morgan fingerprint density at radius 3 is 2.43 bits per heavy atom. The predicted octanol–water partition coefficient (Wildman–Crippen LogP) is 4.12. The van der Waals surface area contributed by atoms with Gasteiger partial charge in [0.25, 0.3) is 5.91 Å². The van der Waals surface area contributed by atoms with Gasteiger partial charge in [-0.25, -0.2) is 13.4 Å². The van der Waals surface area contributed by atoms with E-state index >= 15 is 0 Å². The molecule has 1 amide bonds. The summed E-state index contributed by atoms with van der Waals surface area (Å²) in [4.78, 5) is 17.3. The molecule has 0 aliphatic carbocycles. The molecule has 0 unspecified atom stereocenters. The van der Waals surface area contributed by atoms with E-state index < -0.39 is 10.0 Å². The van der Waals surface area contributed by atoms with Crippen molar-refractivity contribution < 1.29 is 17.9 Å². The van der Waals surface area contributed by atoms with E-state index in [4.69, 9.17) is 4.74 Å².